The fourth-order valence-electron chi connectivity index (χ4n) is 3.34. The molecule has 31 heavy (non-hydrogen) atoms. The fraction of sp³-hybridized carbons (Fsp3) is 0.0769. The van der Waals surface area contributed by atoms with Crippen LogP contribution in [0.1, 0.15) is 11.1 Å². The summed E-state index contributed by atoms with van der Waals surface area (Å²) in [7, 11) is 3.18. The van der Waals surface area contributed by atoms with E-state index in [1.54, 1.807) is 26.5 Å². The van der Waals surface area contributed by atoms with Crippen LogP contribution in [0.15, 0.2) is 88.3 Å². The molecule has 4 rings (SSSR count). The van der Waals surface area contributed by atoms with Crippen LogP contribution >= 0.6 is 0 Å². The largest absolute Gasteiger partial charge is 0.497 e. The van der Waals surface area contributed by atoms with Crippen LogP contribution in [0, 0.1) is 11.3 Å². The summed E-state index contributed by atoms with van der Waals surface area (Å²) in [4.78, 5) is 4.51. The molecule has 0 unspecified atom stereocenters. The summed E-state index contributed by atoms with van der Waals surface area (Å²) in [6.45, 7) is 0. The molecule has 5 nitrogen and oxygen atoms in total. The SMILES string of the molecule is COc1ccc(C=Nc2oc(-c3ccccc3)c(-c3ccccc3)c2C#N)c(OC)c1. The topological polar surface area (TPSA) is 67.8 Å². The van der Waals surface area contributed by atoms with Gasteiger partial charge < -0.3 is 13.9 Å². The minimum atomic E-state index is 0.248. The summed E-state index contributed by atoms with van der Waals surface area (Å²) in [5.41, 5.74) is 3.62. The lowest BCUT2D eigenvalue weighted by Gasteiger charge is -2.06. The smallest absolute Gasteiger partial charge is 0.238 e. The number of methoxy groups -OCH3 is 2. The molecule has 3 aromatic carbocycles. The van der Waals surface area contributed by atoms with Crippen molar-refractivity contribution in [1.29, 1.82) is 5.26 Å². The zero-order valence-electron chi connectivity index (χ0n) is 17.2. The van der Waals surface area contributed by atoms with Gasteiger partial charge in [-0.1, -0.05) is 60.7 Å². The molecular weight excluding hydrogens is 388 g/mol. The first-order valence-corrected chi connectivity index (χ1v) is 9.69. The van der Waals surface area contributed by atoms with Crippen molar-refractivity contribution in [3.05, 3.63) is 90.0 Å². The molecule has 0 aliphatic heterocycles. The Labute approximate surface area is 180 Å². The molecule has 0 spiro atoms. The third-order valence-corrected chi connectivity index (χ3v) is 4.86. The van der Waals surface area contributed by atoms with Gasteiger partial charge in [-0.05, 0) is 17.7 Å². The maximum atomic E-state index is 9.96. The Hall–Kier alpha value is -4.30. The lowest BCUT2D eigenvalue weighted by molar-refractivity contribution is 0.394. The first-order valence-electron chi connectivity index (χ1n) is 9.69. The van der Waals surface area contributed by atoms with Crippen LogP contribution in [0.4, 0.5) is 5.88 Å². The van der Waals surface area contributed by atoms with Gasteiger partial charge in [0.1, 0.15) is 28.9 Å². The molecule has 0 N–H and O–H groups in total. The average molecular weight is 408 g/mol. The van der Waals surface area contributed by atoms with Gasteiger partial charge in [-0.15, -0.1) is 0 Å². The lowest BCUT2D eigenvalue weighted by atomic mass is 9.98. The van der Waals surface area contributed by atoms with Crippen LogP contribution in [0.3, 0.4) is 0 Å². The van der Waals surface area contributed by atoms with Gasteiger partial charge in [0.15, 0.2) is 0 Å². The second kappa shape index (κ2) is 9.02. The number of hydrogen-bond acceptors (Lipinski definition) is 5. The van der Waals surface area contributed by atoms with Crippen molar-refractivity contribution in [1.82, 2.24) is 0 Å². The van der Waals surface area contributed by atoms with Crippen LogP contribution in [0.5, 0.6) is 11.5 Å². The zero-order chi connectivity index (χ0) is 21.6. The highest BCUT2D eigenvalue weighted by Gasteiger charge is 2.22. The maximum Gasteiger partial charge on any atom is 0.238 e. The minimum Gasteiger partial charge on any atom is -0.497 e. The summed E-state index contributed by atoms with van der Waals surface area (Å²) < 4.78 is 16.8. The van der Waals surface area contributed by atoms with Gasteiger partial charge in [0.2, 0.25) is 5.88 Å². The summed E-state index contributed by atoms with van der Waals surface area (Å²) in [5.74, 6) is 2.15. The Morgan fingerprint density at radius 2 is 1.55 bits per heavy atom. The molecule has 0 fully saturated rings. The first-order chi connectivity index (χ1) is 15.2. The molecule has 0 bridgehead atoms. The van der Waals surface area contributed by atoms with E-state index in [1.807, 2.05) is 72.8 Å². The molecule has 0 saturated carbocycles. The molecule has 0 radical (unpaired) electrons. The lowest BCUT2D eigenvalue weighted by Crippen LogP contribution is -1.92. The van der Waals surface area contributed by atoms with Crippen molar-refractivity contribution >= 4 is 12.1 Å². The standard InChI is InChI=1S/C26H20N2O3/c1-29-21-14-13-20(23(15-21)30-2)17-28-26-22(16-27)24(18-9-5-3-6-10-18)25(31-26)19-11-7-4-8-12-19/h3-15,17H,1-2H3. The summed E-state index contributed by atoms with van der Waals surface area (Å²) in [6, 6.07) is 27.1. The second-order valence-corrected chi connectivity index (χ2v) is 6.70. The van der Waals surface area contributed by atoms with Crippen LogP contribution in [0.2, 0.25) is 0 Å². The van der Waals surface area contributed by atoms with E-state index in [0.29, 0.717) is 22.8 Å². The van der Waals surface area contributed by atoms with Gasteiger partial charge in [0.25, 0.3) is 0 Å². The number of furan rings is 1. The Bertz CT molecular complexity index is 1250. The highest BCUT2D eigenvalue weighted by atomic mass is 16.5. The van der Waals surface area contributed by atoms with E-state index in [0.717, 1.165) is 22.3 Å². The van der Waals surface area contributed by atoms with E-state index in [9.17, 15) is 5.26 Å². The Morgan fingerprint density at radius 3 is 2.16 bits per heavy atom. The third-order valence-electron chi connectivity index (χ3n) is 4.86. The molecule has 0 aliphatic carbocycles. The highest BCUT2D eigenvalue weighted by molar-refractivity contribution is 5.90. The number of nitrogens with zero attached hydrogens (tertiary/aromatic N) is 2. The molecule has 4 aromatic rings. The van der Waals surface area contributed by atoms with E-state index in [4.69, 9.17) is 13.9 Å². The molecule has 5 heteroatoms. The maximum absolute atomic E-state index is 9.96. The molecule has 0 saturated heterocycles. The van der Waals surface area contributed by atoms with Gasteiger partial charge in [-0.3, -0.25) is 0 Å². The first kappa shape index (κ1) is 20.0. The van der Waals surface area contributed by atoms with E-state index >= 15 is 0 Å². The number of benzene rings is 3. The van der Waals surface area contributed by atoms with Crippen molar-refractivity contribution in [2.45, 2.75) is 0 Å². The Balaban J connectivity index is 1.85. The molecular formula is C26H20N2O3. The summed E-state index contributed by atoms with van der Waals surface area (Å²) in [6.07, 6.45) is 1.63. The van der Waals surface area contributed by atoms with Crippen LogP contribution in [-0.4, -0.2) is 20.4 Å². The monoisotopic (exact) mass is 408 g/mol. The van der Waals surface area contributed by atoms with Crippen molar-refractivity contribution < 1.29 is 13.9 Å². The van der Waals surface area contributed by atoms with Crippen LogP contribution < -0.4 is 9.47 Å². The van der Waals surface area contributed by atoms with Gasteiger partial charge >= 0.3 is 0 Å². The molecule has 0 atom stereocenters. The highest BCUT2D eigenvalue weighted by Crippen LogP contribution is 2.42. The van der Waals surface area contributed by atoms with Gasteiger partial charge in [-0.25, -0.2) is 4.99 Å². The van der Waals surface area contributed by atoms with Gasteiger partial charge in [-0.2, -0.15) is 5.26 Å². The minimum absolute atomic E-state index is 0.248. The van der Waals surface area contributed by atoms with E-state index in [-0.39, 0.29) is 5.88 Å². The van der Waals surface area contributed by atoms with Gasteiger partial charge in [0, 0.05) is 29.0 Å². The molecule has 1 heterocycles. The fourth-order valence-corrected chi connectivity index (χ4v) is 3.34. The summed E-state index contributed by atoms with van der Waals surface area (Å²) in [5, 5.41) is 9.96. The molecule has 0 amide bonds. The average Bonchev–Trinajstić information content (AvgIpc) is 3.22. The number of nitriles is 1. The number of ether oxygens (including phenoxy) is 2. The number of aliphatic imine (C=N–C) groups is 1. The second-order valence-electron chi connectivity index (χ2n) is 6.70. The van der Waals surface area contributed by atoms with Crippen LogP contribution in [-0.2, 0) is 0 Å². The van der Waals surface area contributed by atoms with Crippen molar-refractivity contribution in [3.63, 3.8) is 0 Å². The summed E-state index contributed by atoms with van der Waals surface area (Å²) >= 11 is 0. The van der Waals surface area contributed by atoms with Gasteiger partial charge in [0.05, 0.1) is 14.2 Å². The quantitative estimate of drug-likeness (QED) is 0.354. The van der Waals surface area contributed by atoms with E-state index in [1.165, 1.54) is 0 Å². The van der Waals surface area contributed by atoms with Crippen molar-refractivity contribution in [2.24, 2.45) is 4.99 Å². The predicted molar refractivity (Wildman–Crippen MR) is 121 cm³/mol. The van der Waals surface area contributed by atoms with Crippen molar-refractivity contribution in [3.8, 4) is 40.0 Å². The van der Waals surface area contributed by atoms with Crippen LogP contribution in [0.25, 0.3) is 22.5 Å². The Morgan fingerprint density at radius 1 is 0.871 bits per heavy atom. The Kier molecular flexibility index (Phi) is 5.82. The number of rotatable bonds is 6. The molecule has 0 aliphatic rings. The third kappa shape index (κ3) is 4.05. The normalized spacial score (nSPS) is 10.7. The van der Waals surface area contributed by atoms with E-state index in [2.05, 4.69) is 11.1 Å². The predicted octanol–water partition coefficient (Wildman–Crippen LogP) is 6.25. The number of hydrogen-bond donors (Lipinski definition) is 0. The van der Waals surface area contributed by atoms with E-state index < -0.39 is 0 Å². The molecule has 152 valence electrons. The molecule has 1 aromatic heterocycles. The van der Waals surface area contributed by atoms with Crippen molar-refractivity contribution in [2.75, 3.05) is 14.2 Å². The zero-order valence-corrected chi connectivity index (χ0v) is 17.2.